The van der Waals surface area contributed by atoms with Gasteiger partial charge in [0.15, 0.2) is 0 Å². The summed E-state index contributed by atoms with van der Waals surface area (Å²) in [6.45, 7) is 0.961. The first-order valence-corrected chi connectivity index (χ1v) is 7.34. The van der Waals surface area contributed by atoms with Gasteiger partial charge in [0.2, 0.25) is 0 Å². The van der Waals surface area contributed by atoms with Crippen molar-refractivity contribution in [1.29, 1.82) is 0 Å². The molecule has 0 aromatic heterocycles. The quantitative estimate of drug-likeness (QED) is 0.840. The van der Waals surface area contributed by atoms with E-state index in [1.54, 1.807) is 0 Å². The third-order valence-electron chi connectivity index (χ3n) is 3.95. The van der Waals surface area contributed by atoms with E-state index in [9.17, 15) is 5.11 Å². The zero-order chi connectivity index (χ0) is 13.8. The highest BCUT2D eigenvalue weighted by molar-refractivity contribution is 5.24. The molecule has 2 aromatic carbocycles. The normalized spacial score (nSPS) is 16.1. The maximum atomic E-state index is 9.20. The van der Waals surface area contributed by atoms with Crippen LogP contribution in [0.4, 0.5) is 0 Å². The summed E-state index contributed by atoms with van der Waals surface area (Å²) < 4.78 is 0. The van der Waals surface area contributed by atoms with Gasteiger partial charge < -0.3 is 10.4 Å². The topological polar surface area (TPSA) is 32.3 Å². The van der Waals surface area contributed by atoms with E-state index in [-0.39, 0.29) is 6.61 Å². The maximum absolute atomic E-state index is 9.20. The second kappa shape index (κ2) is 6.21. The Balaban J connectivity index is 1.68. The van der Waals surface area contributed by atoms with Crippen LogP contribution in [-0.2, 0) is 13.2 Å². The van der Waals surface area contributed by atoms with Gasteiger partial charge in [-0.05, 0) is 35.4 Å². The molecule has 2 N–H and O–H groups in total. The van der Waals surface area contributed by atoms with Crippen LogP contribution < -0.4 is 5.32 Å². The molecule has 0 aliphatic heterocycles. The molecule has 1 fully saturated rings. The first-order valence-electron chi connectivity index (χ1n) is 7.34. The summed E-state index contributed by atoms with van der Waals surface area (Å²) in [6, 6.07) is 19.3. The Kier molecular flexibility index (Phi) is 4.14. The predicted octanol–water partition coefficient (Wildman–Crippen LogP) is 3.42. The van der Waals surface area contributed by atoms with Crippen molar-refractivity contribution in [3.8, 4) is 0 Å². The summed E-state index contributed by atoms with van der Waals surface area (Å²) in [7, 11) is 0. The highest BCUT2D eigenvalue weighted by Crippen LogP contribution is 2.41. The van der Waals surface area contributed by atoms with Gasteiger partial charge in [0.1, 0.15) is 0 Å². The van der Waals surface area contributed by atoms with Gasteiger partial charge in [0, 0.05) is 12.6 Å². The smallest absolute Gasteiger partial charge is 0.0681 e. The van der Waals surface area contributed by atoms with Crippen molar-refractivity contribution >= 4 is 0 Å². The molecule has 0 saturated heterocycles. The molecular formula is C18H21NO. The summed E-state index contributed by atoms with van der Waals surface area (Å²) in [5.41, 5.74) is 3.60. The lowest BCUT2D eigenvalue weighted by Crippen LogP contribution is -2.22. The summed E-state index contributed by atoms with van der Waals surface area (Å²) >= 11 is 0. The predicted molar refractivity (Wildman–Crippen MR) is 81.1 cm³/mol. The average Bonchev–Trinajstić information content (AvgIpc) is 3.34. The minimum atomic E-state index is 0.110. The van der Waals surface area contributed by atoms with Crippen LogP contribution in [0.5, 0.6) is 0 Å². The molecule has 0 heterocycles. The van der Waals surface area contributed by atoms with Crippen molar-refractivity contribution in [2.75, 3.05) is 0 Å². The Hall–Kier alpha value is -1.64. The van der Waals surface area contributed by atoms with Crippen molar-refractivity contribution in [2.24, 2.45) is 5.92 Å². The van der Waals surface area contributed by atoms with Crippen molar-refractivity contribution < 1.29 is 5.11 Å². The molecule has 1 unspecified atom stereocenters. The van der Waals surface area contributed by atoms with Crippen molar-refractivity contribution in [1.82, 2.24) is 5.32 Å². The van der Waals surface area contributed by atoms with E-state index in [0.717, 1.165) is 18.0 Å². The number of aliphatic hydroxyl groups is 1. The second-order valence-electron chi connectivity index (χ2n) is 5.58. The summed E-state index contributed by atoms with van der Waals surface area (Å²) in [4.78, 5) is 0. The summed E-state index contributed by atoms with van der Waals surface area (Å²) in [6.07, 6.45) is 2.65. The van der Waals surface area contributed by atoms with E-state index in [1.165, 1.54) is 24.0 Å². The van der Waals surface area contributed by atoms with Crippen LogP contribution in [0.2, 0.25) is 0 Å². The van der Waals surface area contributed by atoms with Crippen LogP contribution in [0.15, 0.2) is 54.6 Å². The SMILES string of the molecule is OCc1cccc(CNC(c2ccccc2)C2CC2)c1. The molecule has 104 valence electrons. The van der Waals surface area contributed by atoms with Crippen molar-refractivity contribution in [3.63, 3.8) is 0 Å². The van der Waals surface area contributed by atoms with Gasteiger partial charge in [-0.2, -0.15) is 0 Å². The lowest BCUT2D eigenvalue weighted by molar-refractivity contribution is 0.281. The molecule has 0 radical (unpaired) electrons. The Bertz CT molecular complexity index is 548. The van der Waals surface area contributed by atoms with Crippen molar-refractivity contribution in [3.05, 3.63) is 71.3 Å². The monoisotopic (exact) mass is 267 g/mol. The maximum Gasteiger partial charge on any atom is 0.0681 e. The van der Waals surface area contributed by atoms with E-state index in [0.29, 0.717) is 6.04 Å². The summed E-state index contributed by atoms with van der Waals surface area (Å²) in [5.74, 6) is 0.776. The second-order valence-corrected chi connectivity index (χ2v) is 5.58. The van der Waals surface area contributed by atoms with E-state index in [2.05, 4.69) is 47.8 Å². The molecule has 1 aliphatic carbocycles. The fourth-order valence-corrected chi connectivity index (χ4v) is 2.71. The van der Waals surface area contributed by atoms with Gasteiger partial charge in [-0.3, -0.25) is 0 Å². The van der Waals surface area contributed by atoms with E-state index >= 15 is 0 Å². The third kappa shape index (κ3) is 3.27. The molecule has 1 aliphatic rings. The first-order chi connectivity index (χ1) is 9.86. The van der Waals surface area contributed by atoms with Gasteiger partial charge >= 0.3 is 0 Å². The molecule has 0 bridgehead atoms. The Morgan fingerprint density at radius 1 is 1.00 bits per heavy atom. The van der Waals surface area contributed by atoms with Crippen LogP contribution >= 0.6 is 0 Å². The molecule has 20 heavy (non-hydrogen) atoms. The van der Waals surface area contributed by atoms with Gasteiger partial charge in [-0.25, -0.2) is 0 Å². The number of hydrogen-bond acceptors (Lipinski definition) is 2. The van der Waals surface area contributed by atoms with Gasteiger partial charge in [-0.1, -0.05) is 54.6 Å². The van der Waals surface area contributed by atoms with Gasteiger partial charge in [0.25, 0.3) is 0 Å². The molecule has 3 rings (SSSR count). The van der Waals surface area contributed by atoms with E-state index < -0.39 is 0 Å². The standard InChI is InChI=1S/C18H21NO/c20-13-15-6-4-5-14(11-15)12-19-18(17-9-10-17)16-7-2-1-3-8-16/h1-8,11,17-20H,9-10,12-13H2. The largest absolute Gasteiger partial charge is 0.392 e. The number of aliphatic hydroxyl groups excluding tert-OH is 1. The molecule has 2 nitrogen and oxygen atoms in total. The minimum Gasteiger partial charge on any atom is -0.392 e. The summed E-state index contributed by atoms with van der Waals surface area (Å²) in [5, 5.41) is 12.9. The molecule has 0 amide bonds. The van der Waals surface area contributed by atoms with Crippen LogP contribution in [0.1, 0.15) is 35.6 Å². The number of rotatable bonds is 6. The van der Waals surface area contributed by atoms with Crippen LogP contribution in [0.25, 0.3) is 0 Å². The molecule has 2 heteroatoms. The van der Waals surface area contributed by atoms with Gasteiger partial charge in [0.05, 0.1) is 6.61 Å². The van der Waals surface area contributed by atoms with Crippen LogP contribution in [-0.4, -0.2) is 5.11 Å². The van der Waals surface area contributed by atoms with Crippen LogP contribution in [0.3, 0.4) is 0 Å². The Labute approximate surface area is 120 Å². The van der Waals surface area contributed by atoms with Gasteiger partial charge in [-0.15, -0.1) is 0 Å². The molecule has 1 atom stereocenters. The van der Waals surface area contributed by atoms with Crippen molar-refractivity contribution in [2.45, 2.75) is 32.0 Å². The molecule has 2 aromatic rings. The fraction of sp³-hybridized carbons (Fsp3) is 0.333. The highest BCUT2D eigenvalue weighted by atomic mass is 16.3. The number of benzene rings is 2. The Morgan fingerprint density at radius 3 is 2.45 bits per heavy atom. The number of nitrogens with one attached hydrogen (secondary N) is 1. The molecule has 1 saturated carbocycles. The third-order valence-corrected chi connectivity index (χ3v) is 3.95. The fourth-order valence-electron chi connectivity index (χ4n) is 2.71. The zero-order valence-electron chi connectivity index (χ0n) is 11.6. The van der Waals surface area contributed by atoms with E-state index in [1.807, 2.05) is 12.1 Å². The zero-order valence-corrected chi connectivity index (χ0v) is 11.6. The Morgan fingerprint density at radius 2 is 1.75 bits per heavy atom. The minimum absolute atomic E-state index is 0.110. The van der Waals surface area contributed by atoms with E-state index in [4.69, 9.17) is 0 Å². The first kappa shape index (κ1) is 13.3. The lowest BCUT2D eigenvalue weighted by atomic mass is 10.0. The molecular weight excluding hydrogens is 246 g/mol. The average molecular weight is 267 g/mol. The number of hydrogen-bond donors (Lipinski definition) is 2. The highest BCUT2D eigenvalue weighted by Gasteiger charge is 2.31. The van der Waals surface area contributed by atoms with Crippen LogP contribution in [0, 0.1) is 5.92 Å². The lowest BCUT2D eigenvalue weighted by Gasteiger charge is -2.19. The molecule has 0 spiro atoms.